The van der Waals surface area contributed by atoms with Crippen molar-refractivity contribution < 1.29 is 4.79 Å². The average Bonchev–Trinajstić information content (AvgIpc) is 3.07. The molecule has 3 rings (SSSR count). The largest absolute Gasteiger partial charge is 0.355 e. The van der Waals surface area contributed by atoms with Crippen LogP contribution in [-0.4, -0.2) is 25.5 Å². The summed E-state index contributed by atoms with van der Waals surface area (Å²) < 4.78 is 1.67. The molecule has 0 saturated heterocycles. The predicted molar refractivity (Wildman–Crippen MR) is 102 cm³/mol. The summed E-state index contributed by atoms with van der Waals surface area (Å²) in [4.78, 5) is 21.0. The molecule has 1 aromatic carbocycles. The van der Waals surface area contributed by atoms with Gasteiger partial charge in [0.25, 0.3) is 0 Å². The molecule has 1 atom stereocenters. The smallest absolute Gasteiger partial charge is 0.229 e. The van der Waals surface area contributed by atoms with Gasteiger partial charge in [-0.1, -0.05) is 48.9 Å². The quantitative estimate of drug-likeness (QED) is 0.659. The van der Waals surface area contributed by atoms with E-state index in [4.69, 9.17) is 11.6 Å². The van der Waals surface area contributed by atoms with Gasteiger partial charge in [-0.2, -0.15) is 10.1 Å². The van der Waals surface area contributed by atoms with Gasteiger partial charge in [-0.05, 0) is 5.56 Å². The van der Waals surface area contributed by atoms with Crippen molar-refractivity contribution in [3.05, 3.63) is 59.5 Å². The molecule has 0 aliphatic heterocycles. The van der Waals surface area contributed by atoms with Crippen LogP contribution < -0.4 is 10.6 Å². The van der Waals surface area contributed by atoms with E-state index in [9.17, 15) is 4.79 Å². The molecule has 0 spiro atoms. The van der Waals surface area contributed by atoms with Gasteiger partial charge < -0.3 is 10.6 Å². The summed E-state index contributed by atoms with van der Waals surface area (Å²) in [5.74, 6) is 0.803. The summed E-state index contributed by atoms with van der Waals surface area (Å²) in [5, 5.41) is 10.6. The molecule has 7 nitrogen and oxygen atoms in total. The van der Waals surface area contributed by atoms with Crippen LogP contribution in [0.5, 0.6) is 0 Å². The number of carbonyl (C=O) groups excluding carboxylic acids is 1. The number of ketones is 1. The average molecular weight is 371 g/mol. The zero-order valence-electron chi connectivity index (χ0n) is 14.5. The normalized spacial score (nSPS) is 11.8. The number of halogens is 1. The molecule has 0 aliphatic carbocycles. The second-order valence-electron chi connectivity index (χ2n) is 5.73. The summed E-state index contributed by atoms with van der Waals surface area (Å²) in [6.45, 7) is 1.83. The van der Waals surface area contributed by atoms with E-state index in [0.717, 1.165) is 11.3 Å². The third-order valence-electron chi connectivity index (χ3n) is 3.79. The summed E-state index contributed by atoms with van der Waals surface area (Å²) in [7, 11) is 1.82. The van der Waals surface area contributed by atoms with Crippen molar-refractivity contribution >= 4 is 34.8 Å². The first kappa shape index (κ1) is 17.9. The molecule has 0 unspecified atom stereocenters. The lowest BCUT2D eigenvalue weighted by Gasteiger charge is -2.19. The van der Waals surface area contributed by atoms with Gasteiger partial charge in [-0.25, -0.2) is 4.98 Å². The Kier molecular flexibility index (Phi) is 5.48. The first-order valence-electron chi connectivity index (χ1n) is 8.19. The third kappa shape index (κ3) is 4.18. The maximum Gasteiger partial charge on any atom is 0.229 e. The van der Waals surface area contributed by atoms with Crippen molar-refractivity contribution in [2.24, 2.45) is 7.05 Å². The molecule has 0 radical (unpaired) electrons. The summed E-state index contributed by atoms with van der Waals surface area (Å²) >= 11 is 6.24. The van der Waals surface area contributed by atoms with Crippen LogP contribution in [-0.2, 0) is 11.8 Å². The van der Waals surface area contributed by atoms with Gasteiger partial charge in [0.1, 0.15) is 11.1 Å². The minimum Gasteiger partial charge on any atom is -0.355 e. The monoisotopic (exact) mass is 370 g/mol. The van der Waals surface area contributed by atoms with E-state index in [1.165, 1.54) is 6.20 Å². The highest BCUT2D eigenvalue weighted by Crippen LogP contribution is 2.27. The topological polar surface area (TPSA) is 84.7 Å². The van der Waals surface area contributed by atoms with Crippen molar-refractivity contribution in [3.8, 4) is 0 Å². The Balaban J connectivity index is 1.86. The Morgan fingerprint density at radius 3 is 2.69 bits per heavy atom. The van der Waals surface area contributed by atoms with Gasteiger partial charge in [0.05, 0.1) is 18.1 Å². The minimum atomic E-state index is -0.528. The fourth-order valence-electron chi connectivity index (χ4n) is 2.48. The number of hydrogen-bond donors (Lipinski definition) is 2. The Bertz CT molecular complexity index is 896. The molecule has 0 aliphatic rings. The van der Waals surface area contributed by atoms with Crippen LogP contribution in [0.25, 0.3) is 0 Å². The van der Waals surface area contributed by atoms with Crippen LogP contribution >= 0.6 is 11.6 Å². The van der Waals surface area contributed by atoms with Crippen LogP contribution in [0.4, 0.5) is 17.5 Å². The van der Waals surface area contributed by atoms with E-state index >= 15 is 0 Å². The number of benzene rings is 1. The van der Waals surface area contributed by atoms with Crippen LogP contribution in [0, 0.1) is 0 Å². The lowest BCUT2D eigenvalue weighted by atomic mass is 10.0. The van der Waals surface area contributed by atoms with Crippen molar-refractivity contribution in [1.82, 2.24) is 19.7 Å². The van der Waals surface area contributed by atoms with Gasteiger partial charge in [0, 0.05) is 19.7 Å². The van der Waals surface area contributed by atoms with Gasteiger partial charge >= 0.3 is 0 Å². The van der Waals surface area contributed by atoms with Crippen molar-refractivity contribution in [1.29, 1.82) is 0 Å². The van der Waals surface area contributed by atoms with Crippen molar-refractivity contribution in [2.45, 2.75) is 19.4 Å². The van der Waals surface area contributed by atoms with E-state index in [1.807, 2.05) is 44.3 Å². The van der Waals surface area contributed by atoms with E-state index in [-0.39, 0.29) is 5.78 Å². The zero-order valence-corrected chi connectivity index (χ0v) is 15.2. The number of aryl methyl sites for hydroxylation is 1. The molecule has 2 heterocycles. The lowest BCUT2D eigenvalue weighted by molar-refractivity contribution is -0.119. The Morgan fingerprint density at radius 1 is 1.27 bits per heavy atom. The SMILES string of the molecule is CCC(=O)[C@@H](Nc1nc(Nc2cnn(C)c2)ncc1Cl)c1ccccc1. The number of rotatable bonds is 7. The molecule has 3 aromatic rings. The second-order valence-corrected chi connectivity index (χ2v) is 6.13. The Morgan fingerprint density at radius 2 is 2.04 bits per heavy atom. The number of nitrogens with zero attached hydrogens (tertiary/aromatic N) is 4. The van der Waals surface area contributed by atoms with Crippen molar-refractivity contribution in [3.63, 3.8) is 0 Å². The minimum absolute atomic E-state index is 0.0487. The number of carbonyl (C=O) groups is 1. The number of anilines is 3. The fourth-order valence-corrected chi connectivity index (χ4v) is 2.63. The molecular weight excluding hydrogens is 352 g/mol. The van der Waals surface area contributed by atoms with Crippen LogP contribution in [0.2, 0.25) is 5.02 Å². The summed E-state index contributed by atoms with van der Waals surface area (Å²) in [6, 6.07) is 8.96. The van der Waals surface area contributed by atoms with Gasteiger partial charge in [-0.3, -0.25) is 9.48 Å². The number of hydrogen-bond acceptors (Lipinski definition) is 6. The molecule has 134 valence electrons. The number of aromatic nitrogens is 4. The van der Waals surface area contributed by atoms with Gasteiger partial charge in [0.15, 0.2) is 11.6 Å². The molecule has 8 heteroatoms. The molecule has 2 aromatic heterocycles. The van der Waals surface area contributed by atoms with Crippen LogP contribution in [0.15, 0.2) is 48.9 Å². The lowest BCUT2D eigenvalue weighted by Crippen LogP contribution is -2.21. The van der Waals surface area contributed by atoms with Gasteiger partial charge in [0.2, 0.25) is 5.95 Å². The number of Topliss-reactive ketones (excluding diaryl/α,β-unsaturated/α-hetero) is 1. The maximum atomic E-state index is 12.4. The maximum absolute atomic E-state index is 12.4. The second kappa shape index (κ2) is 7.97. The summed E-state index contributed by atoms with van der Waals surface area (Å²) in [5.41, 5.74) is 1.61. The fraction of sp³-hybridized carbons (Fsp3) is 0.222. The molecule has 0 bridgehead atoms. The van der Waals surface area contributed by atoms with Crippen molar-refractivity contribution in [2.75, 3.05) is 10.6 Å². The van der Waals surface area contributed by atoms with E-state index < -0.39 is 6.04 Å². The first-order chi connectivity index (χ1) is 12.6. The number of nitrogens with one attached hydrogen (secondary N) is 2. The first-order valence-corrected chi connectivity index (χ1v) is 8.57. The van der Waals surface area contributed by atoms with Crippen LogP contribution in [0.3, 0.4) is 0 Å². The molecule has 2 N–H and O–H groups in total. The highest BCUT2D eigenvalue weighted by atomic mass is 35.5. The predicted octanol–water partition coefficient (Wildman–Crippen LogP) is 3.74. The van der Waals surface area contributed by atoms with Gasteiger partial charge in [-0.15, -0.1) is 0 Å². The molecule has 0 saturated carbocycles. The molecule has 26 heavy (non-hydrogen) atoms. The third-order valence-corrected chi connectivity index (χ3v) is 4.07. The van der Waals surface area contributed by atoms with E-state index in [2.05, 4.69) is 25.7 Å². The molecule has 0 fully saturated rings. The standard InChI is InChI=1S/C18H19ClN6O/c1-3-15(26)16(12-7-5-4-6-8-12)23-17-14(19)10-20-18(24-17)22-13-9-21-25(2)11-13/h4-11,16H,3H2,1-2H3,(H2,20,22,23,24)/t16-/m0/s1. The summed E-state index contributed by atoms with van der Waals surface area (Å²) in [6.07, 6.45) is 5.36. The molecular formula is C18H19ClN6O. The highest BCUT2D eigenvalue weighted by molar-refractivity contribution is 6.32. The Hall–Kier alpha value is -2.93. The van der Waals surface area contributed by atoms with Crippen LogP contribution in [0.1, 0.15) is 24.9 Å². The van der Waals surface area contributed by atoms with E-state index in [0.29, 0.717) is 23.2 Å². The highest BCUT2D eigenvalue weighted by Gasteiger charge is 2.20. The Labute approximate surface area is 156 Å². The molecule has 0 amide bonds. The zero-order chi connectivity index (χ0) is 18.5. The van der Waals surface area contributed by atoms with E-state index in [1.54, 1.807) is 17.1 Å².